The summed E-state index contributed by atoms with van der Waals surface area (Å²) in [7, 11) is 0. The molecule has 0 bridgehead atoms. The molecule has 3 aliphatic heterocycles. The van der Waals surface area contributed by atoms with Crippen molar-refractivity contribution in [2.45, 2.75) is 101 Å². The predicted octanol–water partition coefficient (Wildman–Crippen LogP) is 1.12. The maximum atomic E-state index is 14.5. The number of rotatable bonds is 5. The number of piperidine rings is 2. The second-order valence-electron chi connectivity index (χ2n) is 11.0. The van der Waals surface area contributed by atoms with Crippen LogP contribution in [0.5, 0.6) is 0 Å². The number of carbonyl (C=O) groups is 1. The Balaban J connectivity index is 1.47. The van der Waals surface area contributed by atoms with E-state index in [1.807, 2.05) is 0 Å². The van der Waals surface area contributed by atoms with Gasteiger partial charge in [0, 0.05) is 31.2 Å². The van der Waals surface area contributed by atoms with Crippen molar-refractivity contribution in [3.8, 4) is 0 Å². The smallest absolute Gasteiger partial charge is 0.227 e. The summed E-state index contributed by atoms with van der Waals surface area (Å²) in [6.07, 6.45) is 10.0. The number of halogens is 1. The second kappa shape index (κ2) is 11.1. The summed E-state index contributed by atoms with van der Waals surface area (Å²) < 4.78 is 14.5. The van der Waals surface area contributed by atoms with E-state index >= 15 is 0 Å². The largest absolute Gasteiger partial charge is 0.351 e. The van der Waals surface area contributed by atoms with E-state index in [0.29, 0.717) is 18.4 Å². The lowest BCUT2D eigenvalue weighted by Crippen LogP contribution is -2.63. The number of carbonyl (C=O) groups excluding carboxylic acids is 1. The molecular weight excluding hydrogens is 407 g/mol. The van der Waals surface area contributed by atoms with Gasteiger partial charge in [0.1, 0.15) is 6.17 Å². The summed E-state index contributed by atoms with van der Waals surface area (Å²) >= 11 is 0. The summed E-state index contributed by atoms with van der Waals surface area (Å²) in [5.74, 6) is -0.215. The first-order chi connectivity index (χ1) is 15.5. The Morgan fingerprint density at radius 2 is 1.78 bits per heavy atom. The highest BCUT2D eigenvalue weighted by Gasteiger charge is 2.43. The molecule has 32 heavy (non-hydrogen) atoms. The lowest BCUT2D eigenvalue weighted by atomic mass is 9.72. The molecule has 1 spiro atoms. The lowest BCUT2D eigenvalue weighted by Gasteiger charge is -2.43. The molecule has 1 saturated carbocycles. The van der Waals surface area contributed by atoms with Crippen LogP contribution in [0.25, 0.3) is 0 Å². The highest BCUT2D eigenvalue weighted by Crippen LogP contribution is 2.47. The zero-order valence-corrected chi connectivity index (χ0v) is 19.6. The Bertz CT molecular complexity index is 607. The molecule has 4 rings (SSSR count). The number of amides is 1. The molecule has 8 N–H and O–H groups in total. The topological polar surface area (TPSA) is 117 Å². The summed E-state index contributed by atoms with van der Waals surface area (Å²) in [5, 5.41) is 13.8. The third kappa shape index (κ3) is 5.81. The summed E-state index contributed by atoms with van der Waals surface area (Å²) in [4.78, 5) is 13.6. The molecule has 4 fully saturated rings. The predicted molar refractivity (Wildman–Crippen MR) is 126 cm³/mol. The third-order valence-electron chi connectivity index (χ3n) is 8.79. The molecule has 1 aliphatic carbocycles. The van der Waals surface area contributed by atoms with Gasteiger partial charge in [0.05, 0.1) is 12.1 Å². The van der Waals surface area contributed by atoms with Crippen LogP contribution in [0.2, 0.25) is 0 Å². The molecule has 3 heterocycles. The Kier molecular flexibility index (Phi) is 8.43. The van der Waals surface area contributed by atoms with Gasteiger partial charge < -0.3 is 32.7 Å². The monoisotopic (exact) mass is 452 g/mol. The molecule has 8 heteroatoms. The third-order valence-corrected chi connectivity index (χ3v) is 8.79. The zero-order chi connectivity index (χ0) is 22.6. The highest BCUT2D eigenvalue weighted by molar-refractivity contribution is 5.80. The van der Waals surface area contributed by atoms with Gasteiger partial charge >= 0.3 is 0 Å². The molecule has 7 nitrogen and oxygen atoms in total. The average molecular weight is 453 g/mol. The fourth-order valence-corrected chi connectivity index (χ4v) is 6.99. The van der Waals surface area contributed by atoms with Gasteiger partial charge in [-0.2, -0.15) is 0 Å². The minimum absolute atomic E-state index is 0.0658. The van der Waals surface area contributed by atoms with Gasteiger partial charge in [-0.1, -0.05) is 19.3 Å². The van der Waals surface area contributed by atoms with E-state index in [1.165, 1.54) is 32.1 Å². The molecule has 4 aliphatic rings. The van der Waals surface area contributed by atoms with E-state index in [-0.39, 0.29) is 30.0 Å². The van der Waals surface area contributed by atoms with Crippen LogP contribution in [-0.4, -0.2) is 62.5 Å². The fraction of sp³-hybridized carbons (Fsp3) is 0.958. The second-order valence-corrected chi connectivity index (χ2v) is 11.0. The molecule has 3 saturated heterocycles. The number of nitrogens with two attached hydrogens (primary N) is 2. The highest BCUT2D eigenvalue weighted by atomic mass is 19.1. The van der Waals surface area contributed by atoms with Crippen molar-refractivity contribution in [2.24, 2.45) is 28.7 Å². The van der Waals surface area contributed by atoms with Crippen LogP contribution >= 0.6 is 0 Å². The Labute approximate surface area is 192 Å². The number of alkyl halides is 1. The maximum Gasteiger partial charge on any atom is 0.227 e. The van der Waals surface area contributed by atoms with Gasteiger partial charge in [0.15, 0.2) is 0 Å². The molecular formula is C24H45FN6O. The molecule has 6 unspecified atom stereocenters. The van der Waals surface area contributed by atoms with E-state index in [4.69, 9.17) is 11.5 Å². The van der Waals surface area contributed by atoms with Crippen molar-refractivity contribution in [2.75, 3.05) is 26.2 Å². The minimum atomic E-state index is -0.878. The molecule has 184 valence electrons. The van der Waals surface area contributed by atoms with Crippen LogP contribution in [0.4, 0.5) is 4.39 Å². The van der Waals surface area contributed by atoms with Crippen molar-refractivity contribution in [1.82, 2.24) is 21.3 Å². The quantitative estimate of drug-likeness (QED) is 0.348. The van der Waals surface area contributed by atoms with Crippen LogP contribution in [-0.2, 0) is 4.79 Å². The van der Waals surface area contributed by atoms with E-state index in [0.717, 1.165) is 51.7 Å². The first kappa shape index (κ1) is 24.3. The lowest BCUT2D eigenvalue weighted by molar-refractivity contribution is -0.128. The molecule has 0 aromatic rings. The van der Waals surface area contributed by atoms with Crippen LogP contribution in [0.1, 0.15) is 70.6 Å². The van der Waals surface area contributed by atoms with Gasteiger partial charge in [-0.25, -0.2) is 4.39 Å². The molecule has 0 radical (unpaired) electrons. The molecule has 0 aromatic carbocycles. The summed E-state index contributed by atoms with van der Waals surface area (Å²) in [5.41, 5.74) is 12.6. The van der Waals surface area contributed by atoms with E-state index in [2.05, 4.69) is 21.3 Å². The molecule has 6 atom stereocenters. The number of nitrogens with one attached hydrogen (secondary N) is 4. The number of hydrogen-bond acceptors (Lipinski definition) is 6. The molecule has 0 aromatic heterocycles. The van der Waals surface area contributed by atoms with Gasteiger partial charge in [-0.15, -0.1) is 0 Å². The average Bonchev–Trinajstić information content (AvgIpc) is 3.25. The van der Waals surface area contributed by atoms with Crippen LogP contribution in [0.3, 0.4) is 0 Å². The van der Waals surface area contributed by atoms with Crippen molar-refractivity contribution in [1.29, 1.82) is 0 Å². The normalized spacial score (nSPS) is 37.1. The van der Waals surface area contributed by atoms with E-state index in [1.54, 1.807) is 0 Å². The summed E-state index contributed by atoms with van der Waals surface area (Å²) in [6, 6.07) is 0.334. The van der Waals surface area contributed by atoms with Crippen molar-refractivity contribution in [3.63, 3.8) is 0 Å². The van der Waals surface area contributed by atoms with Gasteiger partial charge in [-0.05, 0) is 75.8 Å². The van der Waals surface area contributed by atoms with E-state index in [9.17, 15) is 9.18 Å². The van der Waals surface area contributed by atoms with E-state index < -0.39 is 18.3 Å². The Hall–Kier alpha value is -0.800. The standard InChI is InChI=1S/C24H45FN6O/c25-16-6-10-24(8-2-3-9-24)13-19(30-14-16)21(22(26)27)23(32)31-20-15-28-12-7-17(20)18-5-1-4-11-29-18/h16-22,28-30H,1-15,26-27H2,(H,31,32). The van der Waals surface area contributed by atoms with Crippen LogP contribution in [0, 0.1) is 17.3 Å². The SMILES string of the molecule is NC(N)C(C(=O)NC1CNCCC1C1CCCCN1)C1CC2(CCCC2)CCC(F)CN1. The first-order valence-electron chi connectivity index (χ1n) is 13.1. The minimum Gasteiger partial charge on any atom is -0.351 e. The zero-order valence-electron chi connectivity index (χ0n) is 19.6. The van der Waals surface area contributed by atoms with Crippen molar-refractivity contribution < 1.29 is 9.18 Å². The van der Waals surface area contributed by atoms with Gasteiger partial charge in [0.2, 0.25) is 5.91 Å². The summed E-state index contributed by atoms with van der Waals surface area (Å²) in [6.45, 7) is 3.09. The fourth-order valence-electron chi connectivity index (χ4n) is 6.99. The number of hydrogen-bond donors (Lipinski definition) is 6. The van der Waals surface area contributed by atoms with Crippen molar-refractivity contribution >= 4 is 5.91 Å². The maximum absolute atomic E-state index is 14.5. The first-order valence-corrected chi connectivity index (χ1v) is 13.1. The molecule has 1 amide bonds. The van der Waals surface area contributed by atoms with Gasteiger partial charge in [0.25, 0.3) is 0 Å². The Morgan fingerprint density at radius 3 is 2.50 bits per heavy atom. The Morgan fingerprint density at radius 1 is 0.969 bits per heavy atom. The van der Waals surface area contributed by atoms with Gasteiger partial charge in [-0.3, -0.25) is 4.79 Å². The van der Waals surface area contributed by atoms with Crippen molar-refractivity contribution in [3.05, 3.63) is 0 Å². The van der Waals surface area contributed by atoms with Crippen LogP contribution < -0.4 is 32.7 Å². The van der Waals surface area contributed by atoms with Crippen LogP contribution in [0.15, 0.2) is 0 Å².